The molecule has 0 aromatic heterocycles. The van der Waals surface area contributed by atoms with Crippen LogP contribution < -0.4 is 10.6 Å². The monoisotopic (exact) mass is 234 g/mol. The fraction of sp³-hybridized carbons (Fsp3) is 0.889. The molecule has 2 amide bonds. The lowest BCUT2D eigenvalue weighted by atomic mass is 10.3. The van der Waals surface area contributed by atoms with Gasteiger partial charge in [0.2, 0.25) is 0 Å². The zero-order valence-corrected chi connectivity index (χ0v) is 9.77. The van der Waals surface area contributed by atoms with Crippen LogP contribution in [0.1, 0.15) is 26.2 Å². The number of carbonyl (C=O) groups is 1. The van der Waals surface area contributed by atoms with Gasteiger partial charge in [0.25, 0.3) is 0 Å². The molecule has 1 atom stereocenters. The summed E-state index contributed by atoms with van der Waals surface area (Å²) in [6, 6.07) is -0.470. The molecule has 5 nitrogen and oxygen atoms in total. The highest BCUT2D eigenvalue weighted by Crippen LogP contribution is 2.10. The van der Waals surface area contributed by atoms with Gasteiger partial charge >= 0.3 is 6.03 Å². The van der Waals surface area contributed by atoms with E-state index in [0.29, 0.717) is 13.0 Å². The van der Waals surface area contributed by atoms with Gasteiger partial charge in [-0.3, -0.25) is 0 Å². The van der Waals surface area contributed by atoms with E-state index in [-0.39, 0.29) is 23.6 Å². The Morgan fingerprint density at radius 2 is 2.20 bits per heavy atom. The fourth-order valence-electron chi connectivity index (χ4n) is 1.52. The molecule has 88 valence electrons. The number of rotatable bonds is 4. The Morgan fingerprint density at radius 1 is 1.47 bits per heavy atom. The second-order valence-corrected chi connectivity index (χ2v) is 6.08. The molecular formula is C9H18N2O3S. The Balaban J connectivity index is 2.22. The molecule has 1 aliphatic heterocycles. The summed E-state index contributed by atoms with van der Waals surface area (Å²) in [5, 5.41) is 5.36. The van der Waals surface area contributed by atoms with Crippen LogP contribution in [0.3, 0.4) is 0 Å². The molecule has 2 N–H and O–H groups in total. The van der Waals surface area contributed by atoms with Crippen molar-refractivity contribution < 1.29 is 13.2 Å². The molecule has 1 heterocycles. The van der Waals surface area contributed by atoms with Crippen molar-refractivity contribution in [2.45, 2.75) is 32.2 Å². The van der Waals surface area contributed by atoms with Crippen molar-refractivity contribution >= 4 is 15.9 Å². The third kappa shape index (κ3) is 4.51. The fourth-order valence-corrected chi connectivity index (χ4v) is 3.20. The number of amides is 2. The number of hydrogen-bond donors (Lipinski definition) is 2. The zero-order valence-electron chi connectivity index (χ0n) is 8.95. The van der Waals surface area contributed by atoms with Crippen LogP contribution in [0, 0.1) is 0 Å². The Bertz CT molecular complexity index is 313. The van der Waals surface area contributed by atoms with Gasteiger partial charge in [0.1, 0.15) is 0 Å². The summed E-state index contributed by atoms with van der Waals surface area (Å²) < 4.78 is 22.2. The third-order valence-electron chi connectivity index (χ3n) is 2.38. The highest BCUT2D eigenvalue weighted by atomic mass is 32.2. The SMILES string of the molecule is CCCCNC(=O)N[C@H]1CCS(=O)(=O)C1. The number of carbonyl (C=O) groups excluding carboxylic acids is 1. The topological polar surface area (TPSA) is 75.3 Å². The molecule has 0 spiro atoms. The van der Waals surface area contributed by atoms with E-state index in [4.69, 9.17) is 0 Å². The van der Waals surface area contributed by atoms with Crippen LogP contribution in [-0.4, -0.2) is 38.5 Å². The predicted octanol–water partition coefficient (Wildman–Crippen LogP) is 0.273. The van der Waals surface area contributed by atoms with E-state index >= 15 is 0 Å². The van der Waals surface area contributed by atoms with E-state index < -0.39 is 9.84 Å². The van der Waals surface area contributed by atoms with E-state index in [2.05, 4.69) is 10.6 Å². The lowest BCUT2D eigenvalue weighted by molar-refractivity contribution is 0.238. The molecule has 0 bridgehead atoms. The molecule has 1 saturated heterocycles. The van der Waals surface area contributed by atoms with Crippen LogP contribution in [0.2, 0.25) is 0 Å². The normalized spacial score (nSPS) is 23.7. The first kappa shape index (κ1) is 12.3. The van der Waals surface area contributed by atoms with E-state index in [1.807, 2.05) is 6.92 Å². The molecule has 15 heavy (non-hydrogen) atoms. The maximum Gasteiger partial charge on any atom is 0.315 e. The second-order valence-electron chi connectivity index (χ2n) is 3.85. The number of nitrogens with one attached hydrogen (secondary N) is 2. The lowest BCUT2D eigenvalue weighted by Gasteiger charge is -2.11. The van der Waals surface area contributed by atoms with E-state index in [1.54, 1.807) is 0 Å². The molecule has 0 saturated carbocycles. The molecule has 0 unspecified atom stereocenters. The smallest absolute Gasteiger partial charge is 0.315 e. The van der Waals surface area contributed by atoms with Gasteiger partial charge in [0.15, 0.2) is 9.84 Å². The molecule has 0 radical (unpaired) electrons. The molecule has 1 aliphatic rings. The summed E-state index contributed by atoms with van der Waals surface area (Å²) >= 11 is 0. The van der Waals surface area contributed by atoms with Crippen LogP contribution in [0.15, 0.2) is 0 Å². The summed E-state index contributed by atoms with van der Waals surface area (Å²) in [4.78, 5) is 11.3. The second kappa shape index (κ2) is 5.34. The minimum Gasteiger partial charge on any atom is -0.338 e. The van der Waals surface area contributed by atoms with Crippen LogP contribution in [-0.2, 0) is 9.84 Å². The van der Waals surface area contributed by atoms with Gasteiger partial charge in [-0.25, -0.2) is 13.2 Å². The van der Waals surface area contributed by atoms with Crippen molar-refractivity contribution in [3.05, 3.63) is 0 Å². The van der Waals surface area contributed by atoms with Gasteiger partial charge in [-0.15, -0.1) is 0 Å². The van der Waals surface area contributed by atoms with Crippen LogP contribution in [0.4, 0.5) is 4.79 Å². The molecular weight excluding hydrogens is 216 g/mol. The lowest BCUT2D eigenvalue weighted by Crippen LogP contribution is -2.42. The summed E-state index contributed by atoms with van der Waals surface area (Å²) in [7, 11) is -2.91. The van der Waals surface area contributed by atoms with Crippen molar-refractivity contribution in [3.8, 4) is 0 Å². The highest BCUT2D eigenvalue weighted by molar-refractivity contribution is 7.91. The van der Waals surface area contributed by atoms with Crippen LogP contribution in [0.25, 0.3) is 0 Å². The Hall–Kier alpha value is -0.780. The zero-order chi connectivity index (χ0) is 11.3. The van der Waals surface area contributed by atoms with Crippen molar-refractivity contribution in [3.63, 3.8) is 0 Å². The maximum absolute atomic E-state index is 11.3. The maximum atomic E-state index is 11.3. The van der Waals surface area contributed by atoms with Gasteiger partial charge in [0.05, 0.1) is 11.5 Å². The number of unbranched alkanes of at least 4 members (excludes halogenated alkanes) is 1. The van der Waals surface area contributed by atoms with Gasteiger partial charge in [-0.1, -0.05) is 13.3 Å². The Labute approximate surface area is 90.5 Å². The Morgan fingerprint density at radius 3 is 2.73 bits per heavy atom. The molecule has 0 aliphatic carbocycles. The summed E-state index contributed by atoms with van der Waals surface area (Å²) in [5.41, 5.74) is 0. The van der Waals surface area contributed by atoms with Crippen molar-refractivity contribution in [2.24, 2.45) is 0 Å². The molecule has 0 aromatic carbocycles. The molecule has 1 rings (SSSR count). The minimum atomic E-state index is -2.91. The first-order valence-corrected chi connectivity index (χ1v) is 7.10. The average molecular weight is 234 g/mol. The summed E-state index contributed by atoms with van der Waals surface area (Å²) in [6.45, 7) is 2.69. The van der Waals surface area contributed by atoms with Gasteiger partial charge < -0.3 is 10.6 Å². The predicted molar refractivity (Wildman–Crippen MR) is 58.5 cm³/mol. The van der Waals surface area contributed by atoms with Gasteiger partial charge in [0, 0.05) is 12.6 Å². The summed E-state index contributed by atoms with van der Waals surface area (Å²) in [5.74, 6) is 0.265. The molecule has 0 aromatic rings. The van der Waals surface area contributed by atoms with Gasteiger partial charge in [-0.2, -0.15) is 0 Å². The average Bonchev–Trinajstić information content (AvgIpc) is 2.46. The van der Waals surface area contributed by atoms with Crippen molar-refractivity contribution in [1.82, 2.24) is 10.6 Å². The third-order valence-corrected chi connectivity index (χ3v) is 4.15. The van der Waals surface area contributed by atoms with E-state index in [1.165, 1.54) is 0 Å². The van der Waals surface area contributed by atoms with Gasteiger partial charge in [-0.05, 0) is 12.8 Å². The minimum absolute atomic E-state index is 0.0776. The number of hydrogen-bond acceptors (Lipinski definition) is 3. The van der Waals surface area contributed by atoms with Crippen LogP contribution >= 0.6 is 0 Å². The Kier molecular flexibility index (Phi) is 4.38. The first-order chi connectivity index (χ1) is 7.03. The quantitative estimate of drug-likeness (QED) is 0.686. The van der Waals surface area contributed by atoms with Crippen molar-refractivity contribution in [2.75, 3.05) is 18.1 Å². The summed E-state index contributed by atoms with van der Waals surface area (Å²) in [6.07, 6.45) is 2.50. The number of sulfone groups is 1. The van der Waals surface area contributed by atoms with E-state index in [9.17, 15) is 13.2 Å². The van der Waals surface area contributed by atoms with Crippen molar-refractivity contribution in [1.29, 1.82) is 0 Å². The largest absolute Gasteiger partial charge is 0.338 e. The number of urea groups is 1. The standard InChI is InChI=1S/C9H18N2O3S/c1-2-3-5-10-9(12)11-8-4-6-15(13,14)7-8/h8H,2-7H2,1H3,(H2,10,11,12)/t8-/m0/s1. The molecule has 1 fully saturated rings. The van der Waals surface area contributed by atoms with E-state index in [0.717, 1.165) is 12.8 Å². The first-order valence-electron chi connectivity index (χ1n) is 5.28. The van der Waals surface area contributed by atoms with Crippen LogP contribution in [0.5, 0.6) is 0 Å². The molecule has 6 heteroatoms. The highest BCUT2D eigenvalue weighted by Gasteiger charge is 2.28.